The molecule has 0 unspecified atom stereocenters. The number of hydrogen-bond donors (Lipinski definition) is 3. The van der Waals surface area contributed by atoms with Crippen LogP contribution >= 0.6 is 11.8 Å². The van der Waals surface area contributed by atoms with Crippen molar-refractivity contribution in [3.05, 3.63) is 54.1 Å². The summed E-state index contributed by atoms with van der Waals surface area (Å²) in [6.45, 7) is 0. The van der Waals surface area contributed by atoms with Gasteiger partial charge in [0.05, 0.1) is 12.9 Å². The number of hydrogen-bond acceptors (Lipinski definition) is 6. The van der Waals surface area contributed by atoms with Crippen molar-refractivity contribution in [3.63, 3.8) is 0 Å². The van der Waals surface area contributed by atoms with E-state index in [1.807, 2.05) is 0 Å². The summed E-state index contributed by atoms with van der Waals surface area (Å²) in [5, 5.41) is 18.6. The van der Waals surface area contributed by atoms with Crippen molar-refractivity contribution in [1.82, 2.24) is 15.2 Å². The van der Waals surface area contributed by atoms with Gasteiger partial charge in [0.15, 0.2) is 5.82 Å². The molecule has 1 amide bonds. The Labute approximate surface area is 159 Å². The summed E-state index contributed by atoms with van der Waals surface area (Å²) >= 11 is 1.02. The summed E-state index contributed by atoms with van der Waals surface area (Å²) in [7, 11) is 1.58. The van der Waals surface area contributed by atoms with E-state index < -0.39 is 5.97 Å². The van der Waals surface area contributed by atoms with E-state index in [1.165, 1.54) is 0 Å². The molecule has 0 atom stereocenters. The van der Waals surface area contributed by atoms with Gasteiger partial charge in [0.25, 0.3) is 5.91 Å². The number of ether oxygens (including phenoxy) is 1. The number of nitrogens with zero attached hydrogens (tertiary/aromatic N) is 2. The molecule has 3 N–H and O–H groups in total. The zero-order chi connectivity index (χ0) is 19.2. The number of aromatic nitrogens is 3. The minimum atomic E-state index is -0.941. The van der Waals surface area contributed by atoms with Gasteiger partial charge in [-0.15, -0.1) is 5.10 Å². The third kappa shape index (κ3) is 4.85. The van der Waals surface area contributed by atoms with Crippen LogP contribution in [0.15, 0.2) is 53.7 Å². The predicted octanol–water partition coefficient (Wildman–Crippen LogP) is 2.91. The zero-order valence-electron chi connectivity index (χ0n) is 14.3. The quantitative estimate of drug-likeness (QED) is 0.536. The number of carbonyl (C=O) groups excluding carboxylic acids is 1. The molecule has 0 saturated carbocycles. The van der Waals surface area contributed by atoms with E-state index in [4.69, 9.17) is 9.84 Å². The minimum absolute atomic E-state index is 0.123. The van der Waals surface area contributed by atoms with E-state index in [-0.39, 0.29) is 11.7 Å². The number of aliphatic carboxylic acids is 1. The predicted molar refractivity (Wildman–Crippen MR) is 101 cm³/mol. The molecule has 8 nitrogen and oxygen atoms in total. The van der Waals surface area contributed by atoms with Crippen LogP contribution in [0.2, 0.25) is 0 Å². The van der Waals surface area contributed by atoms with Crippen molar-refractivity contribution < 1.29 is 19.4 Å². The van der Waals surface area contributed by atoms with Gasteiger partial charge in [0.2, 0.25) is 5.16 Å². The summed E-state index contributed by atoms with van der Waals surface area (Å²) < 4.78 is 5.09. The average Bonchev–Trinajstić information content (AvgIpc) is 3.16. The molecule has 0 bridgehead atoms. The maximum Gasteiger partial charge on any atom is 0.313 e. The molecule has 9 heteroatoms. The number of anilines is 1. The monoisotopic (exact) mass is 384 g/mol. The third-order valence-electron chi connectivity index (χ3n) is 3.54. The van der Waals surface area contributed by atoms with Crippen molar-refractivity contribution in [2.24, 2.45) is 0 Å². The Morgan fingerprint density at radius 2 is 2.00 bits per heavy atom. The van der Waals surface area contributed by atoms with Gasteiger partial charge in [0.1, 0.15) is 5.75 Å². The maximum absolute atomic E-state index is 12.5. The fraction of sp³-hybridized carbons (Fsp3) is 0.111. The Kier molecular flexibility index (Phi) is 5.72. The highest BCUT2D eigenvalue weighted by atomic mass is 32.2. The first kappa shape index (κ1) is 18.5. The van der Waals surface area contributed by atoms with Gasteiger partial charge in [-0.2, -0.15) is 0 Å². The van der Waals surface area contributed by atoms with E-state index in [2.05, 4.69) is 20.5 Å². The third-order valence-corrected chi connectivity index (χ3v) is 4.37. The van der Waals surface area contributed by atoms with Crippen LogP contribution < -0.4 is 10.1 Å². The Bertz CT molecular complexity index is 956. The first-order valence-corrected chi connectivity index (χ1v) is 8.86. The lowest BCUT2D eigenvalue weighted by molar-refractivity contribution is -0.133. The number of carboxylic acid groups (broad SMARTS) is 1. The molecule has 1 heterocycles. The van der Waals surface area contributed by atoms with E-state index in [9.17, 15) is 9.59 Å². The van der Waals surface area contributed by atoms with Crippen molar-refractivity contribution in [1.29, 1.82) is 0 Å². The Morgan fingerprint density at radius 1 is 1.22 bits per heavy atom. The molecule has 138 valence electrons. The number of H-pyrrole nitrogens is 1. The number of carboxylic acids is 1. The number of benzene rings is 2. The van der Waals surface area contributed by atoms with Crippen LogP contribution in [0.1, 0.15) is 10.4 Å². The smallest absolute Gasteiger partial charge is 0.313 e. The van der Waals surface area contributed by atoms with Gasteiger partial charge in [-0.05, 0) is 36.4 Å². The number of aromatic amines is 1. The number of thioether (sulfide) groups is 1. The standard InChI is InChI=1S/C18H16N4O4S/c1-26-14-7-5-13(6-8-14)19-17(25)12-4-2-3-11(9-12)16-20-18(22-21-16)27-10-15(23)24/h2-9H,10H2,1H3,(H,19,25)(H,23,24)(H,20,21,22). The van der Waals surface area contributed by atoms with E-state index >= 15 is 0 Å². The molecular formula is C18H16N4O4S. The molecule has 0 aliphatic carbocycles. The fourth-order valence-corrected chi connectivity index (χ4v) is 2.77. The Balaban J connectivity index is 1.72. The molecule has 0 saturated heterocycles. The molecule has 0 spiro atoms. The summed E-state index contributed by atoms with van der Waals surface area (Å²) in [4.78, 5) is 27.3. The summed E-state index contributed by atoms with van der Waals surface area (Å²) in [5.41, 5.74) is 1.78. The Hall–Kier alpha value is -3.33. The van der Waals surface area contributed by atoms with Gasteiger partial charge in [0, 0.05) is 16.8 Å². The number of nitrogens with one attached hydrogen (secondary N) is 2. The van der Waals surface area contributed by atoms with Crippen molar-refractivity contribution in [2.75, 3.05) is 18.2 Å². The lowest BCUT2D eigenvalue weighted by Gasteiger charge is -2.07. The SMILES string of the molecule is COc1ccc(NC(=O)c2cccc(-c3nc(SCC(=O)O)n[nH]3)c2)cc1. The highest BCUT2D eigenvalue weighted by molar-refractivity contribution is 7.99. The molecule has 0 radical (unpaired) electrons. The number of amides is 1. The lowest BCUT2D eigenvalue weighted by atomic mass is 10.1. The second-order valence-corrected chi connectivity index (χ2v) is 6.35. The number of rotatable bonds is 7. The molecule has 2 aromatic carbocycles. The highest BCUT2D eigenvalue weighted by Gasteiger charge is 2.11. The molecule has 0 fully saturated rings. The van der Waals surface area contributed by atoms with Gasteiger partial charge in [-0.1, -0.05) is 23.9 Å². The average molecular weight is 384 g/mol. The summed E-state index contributed by atoms with van der Waals surface area (Å²) in [6, 6.07) is 13.9. The molecule has 0 aliphatic rings. The molecule has 3 aromatic rings. The van der Waals surface area contributed by atoms with Crippen molar-refractivity contribution in [3.8, 4) is 17.1 Å². The maximum atomic E-state index is 12.5. The highest BCUT2D eigenvalue weighted by Crippen LogP contribution is 2.21. The van der Waals surface area contributed by atoms with Crippen LogP contribution in [0.3, 0.4) is 0 Å². The lowest BCUT2D eigenvalue weighted by Crippen LogP contribution is -2.11. The van der Waals surface area contributed by atoms with Gasteiger partial charge < -0.3 is 15.2 Å². The van der Waals surface area contributed by atoms with Crippen molar-refractivity contribution in [2.45, 2.75) is 5.16 Å². The van der Waals surface area contributed by atoms with Crippen LogP contribution in [-0.2, 0) is 4.79 Å². The molecule has 0 aliphatic heterocycles. The van der Waals surface area contributed by atoms with E-state index in [0.29, 0.717) is 33.5 Å². The van der Waals surface area contributed by atoms with Crippen LogP contribution in [0.5, 0.6) is 5.75 Å². The van der Waals surface area contributed by atoms with E-state index in [1.54, 1.807) is 55.6 Å². The molecule has 27 heavy (non-hydrogen) atoms. The minimum Gasteiger partial charge on any atom is -0.497 e. The summed E-state index contributed by atoms with van der Waals surface area (Å²) in [6.07, 6.45) is 0. The number of methoxy groups -OCH3 is 1. The van der Waals surface area contributed by atoms with Crippen LogP contribution in [0.4, 0.5) is 5.69 Å². The van der Waals surface area contributed by atoms with Crippen LogP contribution in [-0.4, -0.2) is 45.0 Å². The first-order chi connectivity index (χ1) is 13.0. The van der Waals surface area contributed by atoms with E-state index in [0.717, 1.165) is 11.8 Å². The fourth-order valence-electron chi connectivity index (χ4n) is 2.25. The zero-order valence-corrected chi connectivity index (χ0v) is 15.1. The first-order valence-electron chi connectivity index (χ1n) is 7.88. The normalized spacial score (nSPS) is 10.4. The number of carbonyl (C=O) groups is 2. The van der Waals surface area contributed by atoms with Crippen molar-refractivity contribution >= 4 is 29.3 Å². The van der Waals surface area contributed by atoms with Gasteiger partial charge in [-0.3, -0.25) is 14.7 Å². The summed E-state index contributed by atoms with van der Waals surface area (Å²) in [5.74, 6) is -0.161. The van der Waals surface area contributed by atoms with Gasteiger partial charge >= 0.3 is 5.97 Å². The second-order valence-electron chi connectivity index (χ2n) is 5.41. The van der Waals surface area contributed by atoms with Crippen LogP contribution in [0, 0.1) is 0 Å². The largest absolute Gasteiger partial charge is 0.497 e. The second kappa shape index (κ2) is 8.37. The molecule has 1 aromatic heterocycles. The van der Waals surface area contributed by atoms with Crippen LogP contribution in [0.25, 0.3) is 11.4 Å². The Morgan fingerprint density at radius 3 is 2.70 bits per heavy atom. The van der Waals surface area contributed by atoms with Gasteiger partial charge in [-0.25, -0.2) is 4.98 Å². The molecular weight excluding hydrogens is 368 g/mol. The molecule has 3 rings (SSSR count). The topological polar surface area (TPSA) is 117 Å².